The van der Waals surface area contributed by atoms with Crippen LogP contribution in [-0.4, -0.2) is 42.9 Å². The van der Waals surface area contributed by atoms with E-state index in [1.165, 1.54) is 5.56 Å². The SMILES string of the molecule is COc1cccc(C2CCCN2CC(O)COc2cccc(C)c2)c1. The molecule has 0 saturated carbocycles. The Bertz CT molecular complexity index is 688. The van der Waals surface area contributed by atoms with E-state index in [-0.39, 0.29) is 0 Å². The Morgan fingerprint density at radius 3 is 2.76 bits per heavy atom. The predicted octanol–water partition coefficient (Wildman–Crippen LogP) is 3.58. The van der Waals surface area contributed by atoms with Crippen LogP contribution in [0.3, 0.4) is 0 Å². The van der Waals surface area contributed by atoms with Crippen LogP contribution >= 0.6 is 0 Å². The Balaban J connectivity index is 1.57. The van der Waals surface area contributed by atoms with Gasteiger partial charge in [-0.3, -0.25) is 4.90 Å². The third-order valence-corrected chi connectivity index (χ3v) is 4.72. The van der Waals surface area contributed by atoms with Crippen molar-refractivity contribution in [2.45, 2.75) is 31.9 Å². The lowest BCUT2D eigenvalue weighted by Crippen LogP contribution is -2.35. The van der Waals surface area contributed by atoms with Gasteiger partial charge in [0.25, 0.3) is 0 Å². The van der Waals surface area contributed by atoms with Crippen LogP contribution in [0.4, 0.5) is 0 Å². The first-order chi connectivity index (χ1) is 12.2. The van der Waals surface area contributed by atoms with Crippen molar-refractivity contribution >= 4 is 0 Å². The van der Waals surface area contributed by atoms with Crippen LogP contribution in [0.1, 0.15) is 30.0 Å². The molecule has 0 radical (unpaired) electrons. The van der Waals surface area contributed by atoms with E-state index in [0.29, 0.717) is 19.2 Å². The third-order valence-electron chi connectivity index (χ3n) is 4.72. The van der Waals surface area contributed by atoms with E-state index >= 15 is 0 Å². The van der Waals surface area contributed by atoms with Crippen molar-refractivity contribution in [2.75, 3.05) is 26.8 Å². The monoisotopic (exact) mass is 341 g/mol. The standard InChI is InChI=1S/C21H27NO3/c1-16-6-3-9-20(12-16)25-15-18(23)14-22-11-5-10-21(22)17-7-4-8-19(13-17)24-2/h3-4,6-9,12-13,18,21,23H,5,10-11,14-15H2,1-2H3. The van der Waals surface area contributed by atoms with Crippen molar-refractivity contribution in [3.8, 4) is 11.5 Å². The van der Waals surface area contributed by atoms with Gasteiger partial charge in [0, 0.05) is 12.6 Å². The minimum absolute atomic E-state index is 0.310. The second kappa shape index (κ2) is 8.37. The molecule has 4 heteroatoms. The van der Waals surface area contributed by atoms with Gasteiger partial charge in [0.05, 0.1) is 7.11 Å². The average Bonchev–Trinajstić information content (AvgIpc) is 3.08. The molecule has 0 aliphatic carbocycles. The molecule has 0 aromatic heterocycles. The molecule has 0 bridgehead atoms. The number of ether oxygens (including phenoxy) is 2. The van der Waals surface area contributed by atoms with Gasteiger partial charge in [0.1, 0.15) is 24.2 Å². The van der Waals surface area contributed by atoms with Gasteiger partial charge in [0.2, 0.25) is 0 Å². The molecule has 0 amide bonds. The topological polar surface area (TPSA) is 41.9 Å². The van der Waals surface area contributed by atoms with Crippen LogP contribution in [-0.2, 0) is 0 Å². The molecule has 0 spiro atoms. The molecule has 25 heavy (non-hydrogen) atoms. The van der Waals surface area contributed by atoms with Crippen LogP contribution in [0.5, 0.6) is 11.5 Å². The van der Waals surface area contributed by atoms with Crippen molar-refractivity contribution in [2.24, 2.45) is 0 Å². The minimum Gasteiger partial charge on any atom is -0.497 e. The number of rotatable bonds is 7. The lowest BCUT2D eigenvalue weighted by Gasteiger charge is -2.27. The maximum Gasteiger partial charge on any atom is 0.119 e. The fourth-order valence-corrected chi connectivity index (χ4v) is 3.49. The fourth-order valence-electron chi connectivity index (χ4n) is 3.49. The lowest BCUT2D eigenvalue weighted by atomic mass is 10.0. The van der Waals surface area contributed by atoms with Crippen molar-refractivity contribution in [1.29, 1.82) is 0 Å². The number of likely N-dealkylation sites (tertiary alicyclic amines) is 1. The highest BCUT2D eigenvalue weighted by atomic mass is 16.5. The Hall–Kier alpha value is -2.04. The van der Waals surface area contributed by atoms with Gasteiger partial charge in [-0.2, -0.15) is 0 Å². The summed E-state index contributed by atoms with van der Waals surface area (Å²) in [5, 5.41) is 10.4. The first-order valence-electron chi connectivity index (χ1n) is 8.91. The Labute approximate surface area is 150 Å². The normalized spacial score (nSPS) is 18.9. The molecule has 2 aromatic carbocycles. The van der Waals surface area contributed by atoms with Gasteiger partial charge < -0.3 is 14.6 Å². The van der Waals surface area contributed by atoms with Gasteiger partial charge in [-0.1, -0.05) is 24.3 Å². The largest absolute Gasteiger partial charge is 0.497 e. The van der Waals surface area contributed by atoms with E-state index < -0.39 is 6.10 Å². The van der Waals surface area contributed by atoms with Crippen molar-refractivity contribution < 1.29 is 14.6 Å². The van der Waals surface area contributed by atoms with Crippen LogP contribution in [0.2, 0.25) is 0 Å². The van der Waals surface area contributed by atoms with Gasteiger partial charge in [-0.05, 0) is 61.7 Å². The number of benzene rings is 2. The highest BCUT2D eigenvalue weighted by molar-refractivity contribution is 5.31. The highest BCUT2D eigenvalue weighted by Crippen LogP contribution is 2.33. The highest BCUT2D eigenvalue weighted by Gasteiger charge is 2.27. The third kappa shape index (κ3) is 4.74. The Morgan fingerprint density at radius 1 is 1.16 bits per heavy atom. The first kappa shape index (κ1) is 17.8. The van der Waals surface area contributed by atoms with E-state index in [2.05, 4.69) is 17.0 Å². The summed E-state index contributed by atoms with van der Waals surface area (Å²) in [6.07, 6.45) is 1.75. The van der Waals surface area contributed by atoms with Crippen LogP contribution in [0, 0.1) is 6.92 Å². The quantitative estimate of drug-likeness (QED) is 0.836. The molecule has 2 atom stereocenters. The van der Waals surface area contributed by atoms with Gasteiger partial charge in [-0.25, -0.2) is 0 Å². The van der Waals surface area contributed by atoms with E-state index in [1.807, 2.05) is 43.3 Å². The molecule has 1 aliphatic heterocycles. The number of hydrogen-bond donors (Lipinski definition) is 1. The van der Waals surface area contributed by atoms with Crippen molar-refractivity contribution in [3.63, 3.8) is 0 Å². The zero-order chi connectivity index (χ0) is 17.6. The lowest BCUT2D eigenvalue weighted by molar-refractivity contribution is 0.0638. The van der Waals surface area contributed by atoms with E-state index in [4.69, 9.17) is 9.47 Å². The summed E-state index contributed by atoms with van der Waals surface area (Å²) in [4.78, 5) is 2.35. The maximum atomic E-state index is 10.4. The summed E-state index contributed by atoms with van der Waals surface area (Å²) in [7, 11) is 1.69. The average molecular weight is 341 g/mol. The summed E-state index contributed by atoms with van der Waals surface area (Å²) in [6.45, 7) is 3.97. The first-order valence-corrected chi connectivity index (χ1v) is 8.91. The van der Waals surface area contributed by atoms with Crippen molar-refractivity contribution in [3.05, 3.63) is 59.7 Å². The smallest absolute Gasteiger partial charge is 0.119 e. The summed E-state index contributed by atoms with van der Waals surface area (Å²) in [5.74, 6) is 1.69. The number of aliphatic hydroxyl groups excluding tert-OH is 1. The number of aliphatic hydroxyl groups is 1. The van der Waals surface area contributed by atoms with E-state index in [0.717, 1.165) is 36.4 Å². The second-order valence-corrected chi connectivity index (χ2v) is 6.71. The summed E-state index contributed by atoms with van der Waals surface area (Å²) < 4.78 is 11.1. The van der Waals surface area contributed by atoms with Gasteiger partial charge in [-0.15, -0.1) is 0 Å². The van der Waals surface area contributed by atoms with Crippen LogP contribution in [0.25, 0.3) is 0 Å². The molecule has 1 N–H and O–H groups in total. The van der Waals surface area contributed by atoms with Gasteiger partial charge in [0.15, 0.2) is 0 Å². The zero-order valence-electron chi connectivity index (χ0n) is 15.0. The fraction of sp³-hybridized carbons (Fsp3) is 0.429. The number of aryl methyl sites for hydroxylation is 1. The molecule has 1 heterocycles. The minimum atomic E-state index is -0.508. The number of β-amino-alcohol motifs (C(OH)–C–C–N with tert-alkyl or cyclic N) is 1. The zero-order valence-corrected chi connectivity index (χ0v) is 15.0. The number of nitrogens with zero attached hydrogens (tertiary/aromatic N) is 1. The molecular formula is C21H27NO3. The summed E-state index contributed by atoms with van der Waals surface area (Å²) >= 11 is 0. The molecule has 2 unspecified atom stereocenters. The van der Waals surface area contributed by atoms with Crippen molar-refractivity contribution in [1.82, 2.24) is 4.90 Å². The van der Waals surface area contributed by atoms with Crippen LogP contribution in [0.15, 0.2) is 48.5 Å². The molecule has 4 nitrogen and oxygen atoms in total. The molecule has 2 aromatic rings. The van der Waals surface area contributed by atoms with Crippen LogP contribution < -0.4 is 9.47 Å². The molecular weight excluding hydrogens is 314 g/mol. The predicted molar refractivity (Wildman–Crippen MR) is 99.2 cm³/mol. The molecule has 1 aliphatic rings. The Morgan fingerprint density at radius 2 is 1.96 bits per heavy atom. The summed E-state index contributed by atoms with van der Waals surface area (Å²) in [5.41, 5.74) is 2.41. The maximum absolute atomic E-state index is 10.4. The van der Waals surface area contributed by atoms with Gasteiger partial charge >= 0.3 is 0 Å². The molecule has 134 valence electrons. The van der Waals surface area contributed by atoms with E-state index in [1.54, 1.807) is 7.11 Å². The molecule has 3 rings (SSSR count). The molecule has 1 fully saturated rings. The second-order valence-electron chi connectivity index (χ2n) is 6.71. The number of methoxy groups -OCH3 is 1. The summed E-state index contributed by atoms with van der Waals surface area (Å²) in [6, 6.07) is 16.5. The number of hydrogen-bond acceptors (Lipinski definition) is 4. The van der Waals surface area contributed by atoms with E-state index in [9.17, 15) is 5.11 Å². The molecule has 1 saturated heterocycles. The Kier molecular flexibility index (Phi) is 5.95.